The van der Waals surface area contributed by atoms with Crippen LogP contribution in [0.15, 0.2) is 23.1 Å². The van der Waals surface area contributed by atoms with Crippen LogP contribution in [0.1, 0.15) is 13.3 Å². The number of anilines is 2. The highest BCUT2D eigenvalue weighted by molar-refractivity contribution is 7.89. The van der Waals surface area contributed by atoms with Crippen molar-refractivity contribution in [3.63, 3.8) is 0 Å². The van der Waals surface area contributed by atoms with Gasteiger partial charge >= 0.3 is 0 Å². The molecule has 5 nitrogen and oxygen atoms in total. The molecule has 1 fully saturated rings. The molecule has 2 rings (SSSR count). The molecule has 0 spiro atoms. The highest BCUT2D eigenvalue weighted by Gasteiger charge is 2.51. The predicted octanol–water partition coefficient (Wildman–Crippen LogP) is 2.97. The first-order chi connectivity index (χ1) is 10.2. The van der Waals surface area contributed by atoms with E-state index in [1.54, 1.807) is 18.2 Å². The molecule has 22 heavy (non-hydrogen) atoms. The average molecular weight is 366 g/mol. The van der Waals surface area contributed by atoms with Gasteiger partial charge in [-0.25, -0.2) is 12.7 Å². The van der Waals surface area contributed by atoms with Gasteiger partial charge in [-0.1, -0.05) is 0 Å². The number of halogens is 2. The second-order valence-electron chi connectivity index (χ2n) is 5.57. The second kappa shape index (κ2) is 6.43. The van der Waals surface area contributed by atoms with Gasteiger partial charge < -0.3 is 10.6 Å². The summed E-state index contributed by atoms with van der Waals surface area (Å²) in [6.07, 6.45) is 0.745. The molecule has 1 aromatic carbocycles. The Bertz CT molecular complexity index is 647. The second-order valence-corrected chi connectivity index (χ2v) is 9.26. The summed E-state index contributed by atoms with van der Waals surface area (Å²) in [6, 6.07) is 5.01. The standard InChI is InChI=1S/C14H21Cl2N3O2S/c1-4-17-12-6-5-11(22(20,21)19(2)3)7-13(12)18-9-10-8-14(10,15)16/h5-7,10,17-18H,4,8-9H2,1-3H3/t10-/m1/s1. The Morgan fingerprint density at radius 3 is 2.41 bits per heavy atom. The molecule has 0 unspecified atom stereocenters. The van der Waals surface area contributed by atoms with E-state index in [-0.39, 0.29) is 10.8 Å². The number of hydrogen-bond acceptors (Lipinski definition) is 4. The van der Waals surface area contributed by atoms with E-state index in [1.165, 1.54) is 18.4 Å². The van der Waals surface area contributed by atoms with Crippen LogP contribution in [-0.4, -0.2) is 44.2 Å². The summed E-state index contributed by atoms with van der Waals surface area (Å²) in [6.45, 7) is 3.33. The quantitative estimate of drug-likeness (QED) is 0.729. The van der Waals surface area contributed by atoms with Gasteiger partial charge in [-0.05, 0) is 31.5 Å². The third-order valence-corrected chi connectivity index (χ3v) is 6.37. The third kappa shape index (κ3) is 3.79. The van der Waals surface area contributed by atoms with E-state index in [2.05, 4.69) is 10.6 Å². The van der Waals surface area contributed by atoms with Crippen molar-refractivity contribution in [2.24, 2.45) is 5.92 Å². The highest BCUT2D eigenvalue weighted by Crippen LogP contribution is 2.53. The van der Waals surface area contributed by atoms with Gasteiger partial charge in [-0.15, -0.1) is 23.2 Å². The molecule has 2 N–H and O–H groups in total. The maximum Gasteiger partial charge on any atom is 0.242 e. The minimum atomic E-state index is -3.46. The Hall–Kier alpha value is -0.690. The maximum atomic E-state index is 12.2. The SMILES string of the molecule is CCNc1ccc(S(=O)(=O)N(C)C)cc1NC[C@H]1CC1(Cl)Cl. The van der Waals surface area contributed by atoms with Crippen LogP contribution < -0.4 is 10.6 Å². The van der Waals surface area contributed by atoms with Crippen LogP contribution in [0.4, 0.5) is 11.4 Å². The Labute approximate surface area is 142 Å². The normalized spacial score (nSPS) is 20.0. The van der Waals surface area contributed by atoms with E-state index in [4.69, 9.17) is 23.2 Å². The summed E-state index contributed by atoms with van der Waals surface area (Å²) in [4.78, 5) is 0.250. The van der Waals surface area contributed by atoms with Crippen LogP contribution in [0.3, 0.4) is 0 Å². The number of hydrogen-bond donors (Lipinski definition) is 2. The molecule has 8 heteroatoms. The summed E-state index contributed by atoms with van der Waals surface area (Å²) in [5, 5.41) is 6.46. The zero-order valence-electron chi connectivity index (χ0n) is 12.9. The predicted molar refractivity (Wildman–Crippen MR) is 92.5 cm³/mol. The summed E-state index contributed by atoms with van der Waals surface area (Å²) in [5.74, 6) is 0.180. The van der Waals surface area contributed by atoms with E-state index in [1.807, 2.05) is 6.92 Å². The monoisotopic (exact) mass is 365 g/mol. The van der Waals surface area contributed by atoms with Gasteiger partial charge in [0.2, 0.25) is 10.0 Å². The molecule has 1 saturated carbocycles. The molecule has 0 heterocycles. The topological polar surface area (TPSA) is 61.4 Å². The van der Waals surface area contributed by atoms with E-state index in [9.17, 15) is 8.42 Å². The van der Waals surface area contributed by atoms with Crippen LogP contribution in [0.5, 0.6) is 0 Å². The van der Waals surface area contributed by atoms with Gasteiger partial charge in [0.15, 0.2) is 0 Å². The van der Waals surface area contributed by atoms with E-state index in [0.717, 1.165) is 24.3 Å². The average Bonchev–Trinajstić information content (AvgIpc) is 3.05. The molecule has 0 radical (unpaired) electrons. The van der Waals surface area contributed by atoms with Gasteiger partial charge in [0.05, 0.1) is 16.3 Å². The Morgan fingerprint density at radius 2 is 1.91 bits per heavy atom. The first-order valence-electron chi connectivity index (χ1n) is 7.10. The number of rotatable bonds is 7. The molecule has 0 amide bonds. The van der Waals surface area contributed by atoms with Crippen molar-refractivity contribution in [1.29, 1.82) is 0 Å². The summed E-state index contributed by atoms with van der Waals surface area (Å²) < 4.78 is 25.0. The minimum absolute atomic E-state index is 0.180. The molecule has 0 aromatic heterocycles. The van der Waals surface area contributed by atoms with Crippen LogP contribution in [0, 0.1) is 5.92 Å². The summed E-state index contributed by atoms with van der Waals surface area (Å²) in [5.41, 5.74) is 1.59. The smallest absolute Gasteiger partial charge is 0.242 e. The lowest BCUT2D eigenvalue weighted by Crippen LogP contribution is -2.22. The molecular weight excluding hydrogens is 345 g/mol. The number of alkyl halides is 2. The minimum Gasteiger partial charge on any atom is -0.384 e. The molecule has 1 aliphatic rings. The van der Waals surface area contributed by atoms with Gasteiger partial charge in [-0.3, -0.25) is 0 Å². The third-order valence-electron chi connectivity index (χ3n) is 3.63. The van der Waals surface area contributed by atoms with Gasteiger partial charge in [0.25, 0.3) is 0 Å². The van der Waals surface area contributed by atoms with Crippen LogP contribution in [-0.2, 0) is 10.0 Å². The van der Waals surface area contributed by atoms with Crippen molar-refractivity contribution < 1.29 is 8.42 Å². The Morgan fingerprint density at radius 1 is 1.27 bits per heavy atom. The Balaban J connectivity index is 2.24. The highest BCUT2D eigenvalue weighted by atomic mass is 35.5. The van der Waals surface area contributed by atoms with E-state index >= 15 is 0 Å². The molecule has 0 aliphatic heterocycles. The fourth-order valence-electron chi connectivity index (χ4n) is 2.11. The number of sulfonamides is 1. The lowest BCUT2D eigenvalue weighted by Gasteiger charge is -2.17. The van der Waals surface area contributed by atoms with Crippen molar-refractivity contribution in [2.75, 3.05) is 37.8 Å². The van der Waals surface area contributed by atoms with Crippen LogP contribution >= 0.6 is 23.2 Å². The lowest BCUT2D eigenvalue weighted by atomic mass is 10.2. The number of benzene rings is 1. The first-order valence-corrected chi connectivity index (χ1v) is 9.30. The van der Waals surface area contributed by atoms with Gasteiger partial charge in [0.1, 0.15) is 4.33 Å². The number of nitrogens with zero attached hydrogens (tertiary/aromatic N) is 1. The maximum absolute atomic E-state index is 12.2. The summed E-state index contributed by atoms with van der Waals surface area (Å²) in [7, 11) is -0.435. The molecule has 1 aromatic rings. The fraction of sp³-hybridized carbons (Fsp3) is 0.571. The van der Waals surface area contributed by atoms with Crippen molar-refractivity contribution in [3.8, 4) is 0 Å². The molecule has 124 valence electrons. The Kier molecular flexibility index (Phi) is 5.16. The lowest BCUT2D eigenvalue weighted by molar-refractivity contribution is 0.521. The van der Waals surface area contributed by atoms with Crippen molar-refractivity contribution in [2.45, 2.75) is 22.6 Å². The molecule has 0 bridgehead atoms. The molecule has 0 saturated heterocycles. The van der Waals surface area contributed by atoms with Crippen molar-refractivity contribution in [1.82, 2.24) is 4.31 Å². The molecule has 1 atom stereocenters. The van der Waals surface area contributed by atoms with Crippen molar-refractivity contribution >= 4 is 44.6 Å². The van der Waals surface area contributed by atoms with E-state index < -0.39 is 14.4 Å². The van der Waals surface area contributed by atoms with Crippen LogP contribution in [0.2, 0.25) is 0 Å². The first kappa shape index (κ1) is 17.7. The van der Waals surface area contributed by atoms with Gasteiger partial charge in [-0.2, -0.15) is 0 Å². The van der Waals surface area contributed by atoms with Crippen LogP contribution in [0.25, 0.3) is 0 Å². The van der Waals surface area contributed by atoms with Crippen molar-refractivity contribution in [3.05, 3.63) is 18.2 Å². The molecule has 1 aliphatic carbocycles. The number of nitrogens with one attached hydrogen (secondary N) is 2. The largest absolute Gasteiger partial charge is 0.384 e. The summed E-state index contributed by atoms with van der Waals surface area (Å²) >= 11 is 12.1. The zero-order valence-corrected chi connectivity index (χ0v) is 15.2. The zero-order chi connectivity index (χ0) is 16.5. The van der Waals surface area contributed by atoms with Gasteiger partial charge in [0, 0.05) is 33.1 Å². The van der Waals surface area contributed by atoms with E-state index in [0.29, 0.717) is 6.54 Å². The molecular formula is C14H21Cl2N3O2S. The fourth-order valence-corrected chi connectivity index (χ4v) is 3.56.